The topological polar surface area (TPSA) is 28.9 Å². The molecule has 0 fully saturated rings. The van der Waals surface area contributed by atoms with Crippen molar-refractivity contribution in [3.8, 4) is 22.6 Å². The number of rotatable bonds is 2. The Labute approximate surface area is 300 Å². The van der Waals surface area contributed by atoms with Crippen LogP contribution in [-0.2, 0) is 12.8 Å². The van der Waals surface area contributed by atoms with E-state index in [1.807, 2.05) is 0 Å². The largest absolute Gasteiger partial charge is 0.456 e. The highest BCUT2D eigenvalue weighted by Gasteiger charge is 2.29. The quantitative estimate of drug-likeness (QED) is 0.184. The minimum atomic E-state index is 0.846. The zero-order valence-electron chi connectivity index (χ0n) is 28.1. The second-order valence-corrected chi connectivity index (χ2v) is 14.1. The molecule has 8 aromatic carbocycles. The maximum absolute atomic E-state index is 6.81. The second-order valence-electron chi connectivity index (χ2n) is 14.1. The van der Waals surface area contributed by atoms with Crippen molar-refractivity contribution in [3.63, 3.8) is 0 Å². The molecule has 52 heavy (non-hydrogen) atoms. The maximum atomic E-state index is 6.81. The van der Waals surface area contributed by atoms with E-state index >= 15 is 0 Å². The van der Waals surface area contributed by atoms with Gasteiger partial charge in [-0.15, -0.1) is 0 Å². The van der Waals surface area contributed by atoms with Crippen molar-refractivity contribution in [2.75, 3.05) is 9.80 Å². The van der Waals surface area contributed by atoms with E-state index in [0.29, 0.717) is 0 Å². The number of para-hydroxylation sites is 4. The summed E-state index contributed by atoms with van der Waals surface area (Å²) in [6.45, 7) is 0. The van der Waals surface area contributed by atoms with Gasteiger partial charge in [0.25, 0.3) is 0 Å². The maximum Gasteiger partial charge on any atom is 0.137 e. The van der Waals surface area contributed by atoms with Crippen LogP contribution < -0.4 is 14.5 Å². The van der Waals surface area contributed by atoms with Gasteiger partial charge in [-0.25, -0.2) is 0 Å². The minimum absolute atomic E-state index is 0.846. The lowest BCUT2D eigenvalue weighted by atomic mass is 9.91. The molecule has 4 heterocycles. The number of furan rings is 1. The number of hydrogen-bond acceptors (Lipinski definition) is 4. The van der Waals surface area contributed by atoms with Crippen LogP contribution >= 0.6 is 0 Å². The van der Waals surface area contributed by atoms with Crippen molar-refractivity contribution in [2.45, 2.75) is 12.8 Å². The highest BCUT2D eigenvalue weighted by Crippen LogP contribution is 2.53. The zero-order chi connectivity index (χ0) is 33.9. The van der Waals surface area contributed by atoms with Gasteiger partial charge in [0.05, 0.1) is 0 Å². The number of hydrogen-bond donors (Lipinski definition) is 0. The Bertz CT molecular complexity index is 2880. The Balaban J connectivity index is 1.02. The summed E-state index contributed by atoms with van der Waals surface area (Å²) in [6, 6.07) is 56.7. The Morgan fingerprint density at radius 1 is 0.385 bits per heavy atom. The van der Waals surface area contributed by atoms with Gasteiger partial charge in [-0.1, -0.05) is 84.9 Å². The molecule has 3 aliphatic rings. The number of nitrogens with zero attached hydrogens (tertiary/aromatic N) is 2. The molecule has 0 aliphatic carbocycles. The fraction of sp³-hybridized carbons (Fsp3) is 0.0417. The molecular weight excluding hydrogens is 637 g/mol. The van der Waals surface area contributed by atoms with Crippen molar-refractivity contribution >= 4 is 66.8 Å². The summed E-state index contributed by atoms with van der Waals surface area (Å²) in [4.78, 5) is 4.74. The lowest BCUT2D eigenvalue weighted by molar-refractivity contribution is 0.487. The highest BCUT2D eigenvalue weighted by molar-refractivity contribution is 6.24. The standard InChI is InChI=1S/C48H30N2O2/c1-5-15-39-29(10-1)24-30-11-2-6-16-40(30)49(39)33-20-22-35-38-28-46-47(37-14-9-19-43(48(37)38)51-44(35)26-33)36-23-21-34(27-45(36)52-46)50-41-17-7-3-12-31(41)25-32-13-4-8-18-42(32)50/h1-23,26-28H,24-25H2. The van der Waals surface area contributed by atoms with Gasteiger partial charge in [0.2, 0.25) is 0 Å². The number of fused-ring (bicyclic) bond motifs is 10. The molecule has 0 amide bonds. The summed E-state index contributed by atoms with van der Waals surface area (Å²) in [5.74, 6) is 1.71. The van der Waals surface area contributed by atoms with Crippen molar-refractivity contribution in [3.05, 3.63) is 180 Å². The highest BCUT2D eigenvalue weighted by atomic mass is 16.5. The monoisotopic (exact) mass is 666 g/mol. The van der Waals surface area contributed by atoms with E-state index in [1.54, 1.807) is 0 Å². The molecule has 244 valence electrons. The molecule has 4 nitrogen and oxygen atoms in total. The predicted molar refractivity (Wildman–Crippen MR) is 212 cm³/mol. The molecule has 12 rings (SSSR count). The third-order valence-corrected chi connectivity index (χ3v) is 11.2. The average molecular weight is 667 g/mol. The first-order valence-corrected chi connectivity index (χ1v) is 17.9. The summed E-state index contributed by atoms with van der Waals surface area (Å²) in [6.07, 6.45) is 1.85. The summed E-state index contributed by atoms with van der Waals surface area (Å²) < 4.78 is 13.6. The van der Waals surface area contributed by atoms with Crippen LogP contribution in [0.3, 0.4) is 0 Å². The smallest absolute Gasteiger partial charge is 0.137 e. The first-order chi connectivity index (χ1) is 25.8. The molecule has 0 N–H and O–H groups in total. The summed E-state index contributed by atoms with van der Waals surface area (Å²) in [5, 5.41) is 4.48. The van der Waals surface area contributed by atoms with Crippen molar-refractivity contribution < 1.29 is 9.15 Å². The Hall–Kier alpha value is -6.78. The van der Waals surface area contributed by atoms with Crippen molar-refractivity contribution in [2.24, 2.45) is 0 Å². The van der Waals surface area contributed by atoms with Gasteiger partial charge in [0, 0.05) is 86.4 Å². The molecule has 9 aromatic rings. The average Bonchev–Trinajstić information content (AvgIpc) is 3.56. The van der Waals surface area contributed by atoms with Crippen molar-refractivity contribution in [1.82, 2.24) is 0 Å². The van der Waals surface area contributed by atoms with E-state index in [9.17, 15) is 0 Å². The molecule has 0 saturated heterocycles. The first-order valence-electron chi connectivity index (χ1n) is 17.9. The molecule has 3 aliphatic heterocycles. The van der Waals surface area contributed by atoms with E-state index in [4.69, 9.17) is 9.15 Å². The third kappa shape index (κ3) is 3.86. The van der Waals surface area contributed by atoms with Gasteiger partial charge >= 0.3 is 0 Å². The van der Waals surface area contributed by atoms with Gasteiger partial charge in [-0.3, -0.25) is 0 Å². The molecule has 0 atom stereocenters. The van der Waals surface area contributed by atoms with Crippen LogP contribution in [0.1, 0.15) is 22.3 Å². The first kappa shape index (κ1) is 28.0. The van der Waals surface area contributed by atoms with Crippen LogP contribution in [0.15, 0.2) is 162 Å². The zero-order valence-corrected chi connectivity index (χ0v) is 28.1. The lowest BCUT2D eigenvalue weighted by Crippen LogP contribution is -2.18. The van der Waals surface area contributed by atoms with Crippen LogP contribution in [0.2, 0.25) is 0 Å². The normalized spacial score (nSPS) is 13.7. The number of benzene rings is 8. The molecule has 0 bridgehead atoms. The Morgan fingerprint density at radius 2 is 0.942 bits per heavy atom. The Morgan fingerprint density at radius 3 is 1.56 bits per heavy atom. The third-order valence-electron chi connectivity index (χ3n) is 11.2. The van der Waals surface area contributed by atoms with Crippen LogP contribution in [0.5, 0.6) is 11.5 Å². The van der Waals surface area contributed by atoms with Crippen LogP contribution in [0.25, 0.3) is 43.8 Å². The summed E-state index contributed by atoms with van der Waals surface area (Å²) >= 11 is 0. The van der Waals surface area contributed by atoms with Gasteiger partial charge in [-0.2, -0.15) is 0 Å². The molecule has 0 spiro atoms. The molecular formula is C48H30N2O2. The fourth-order valence-electron chi connectivity index (χ4n) is 8.96. The van der Waals surface area contributed by atoms with Crippen LogP contribution in [0, 0.1) is 0 Å². The lowest BCUT2D eigenvalue weighted by Gasteiger charge is -2.34. The molecule has 0 radical (unpaired) electrons. The van der Waals surface area contributed by atoms with E-state index in [-0.39, 0.29) is 0 Å². The SMILES string of the molecule is c1ccc2c(c1)Cc1ccccc1N2c1ccc2c(c1)Oc1cccc3c1c-2cc1oc2cc(N4c5ccccc5Cc5ccccc54)ccc2c13. The Kier molecular flexibility index (Phi) is 5.58. The van der Waals surface area contributed by atoms with E-state index in [1.165, 1.54) is 45.0 Å². The number of anilines is 6. The minimum Gasteiger partial charge on any atom is -0.456 e. The molecule has 4 heteroatoms. The molecule has 1 aromatic heterocycles. The van der Waals surface area contributed by atoms with Crippen LogP contribution in [0.4, 0.5) is 34.1 Å². The van der Waals surface area contributed by atoms with Gasteiger partial charge in [-0.05, 0) is 88.3 Å². The van der Waals surface area contributed by atoms with E-state index in [2.05, 4.69) is 168 Å². The van der Waals surface area contributed by atoms with E-state index < -0.39 is 0 Å². The fourth-order valence-corrected chi connectivity index (χ4v) is 8.96. The van der Waals surface area contributed by atoms with E-state index in [0.717, 1.165) is 79.6 Å². The molecule has 0 unspecified atom stereocenters. The molecule has 0 saturated carbocycles. The van der Waals surface area contributed by atoms with Gasteiger partial charge in [0.1, 0.15) is 22.7 Å². The number of ether oxygens (including phenoxy) is 1. The predicted octanol–water partition coefficient (Wildman–Crippen LogP) is 13.3. The summed E-state index contributed by atoms with van der Waals surface area (Å²) in [7, 11) is 0. The van der Waals surface area contributed by atoms with Crippen molar-refractivity contribution in [1.29, 1.82) is 0 Å². The van der Waals surface area contributed by atoms with Crippen LogP contribution in [-0.4, -0.2) is 0 Å². The van der Waals surface area contributed by atoms with Gasteiger partial charge in [0.15, 0.2) is 0 Å². The summed E-state index contributed by atoms with van der Waals surface area (Å²) in [5.41, 5.74) is 16.2. The van der Waals surface area contributed by atoms with Gasteiger partial charge < -0.3 is 19.0 Å². The second kappa shape index (κ2) is 10.4.